The fourth-order valence-electron chi connectivity index (χ4n) is 4.43. The molecule has 1 saturated heterocycles. The van der Waals surface area contributed by atoms with Crippen LogP contribution in [-0.2, 0) is 6.54 Å². The van der Waals surface area contributed by atoms with Crippen LogP contribution in [-0.4, -0.2) is 32.3 Å². The average Bonchev–Trinajstić information content (AvgIpc) is 3.42. The lowest BCUT2D eigenvalue weighted by atomic mass is 9.79. The average molecular weight is 356 g/mol. The summed E-state index contributed by atoms with van der Waals surface area (Å²) in [5.74, 6) is 2.26. The highest BCUT2D eigenvalue weighted by Gasteiger charge is 2.37. The lowest BCUT2D eigenvalue weighted by Crippen LogP contribution is -2.38. The molecule has 6 nitrogen and oxygen atoms in total. The Balaban J connectivity index is 1.41. The first-order valence-electron chi connectivity index (χ1n) is 9.30. The summed E-state index contributed by atoms with van der Waals surface area (Å²) in [5.41, 5.74) is 8.92. The highest BCUT2D eigenvalue weighted by molar-refractivity contribution is 7.09. The Bertz CT molecular complexity index is 829. The molecule has 3 aromatic heterocycles. The van der Waals surface area contributed by atoms with Crippen LogP contribution in [0.2, 0.25) is 0 Å². The van der Waals surface area contributed by atoms with Crippen LogP contribution in [0.4, 0.5) is 0 Å². The van der Waals surface area contributed by atoms with Crippen LogP contribution < -0.4 is 10.9 Å². The molecule has 0 aromatic carbocycles. The summed E-state index contributed by atoms with van der Waals surface area (Å²) in [6, 6.07) is 4.71. The molecule has 0 spiro atoms. The summed E-state index contributed by atoms with van der Waals surface area (Å²) >= 11 is 1.76. The third-order valence-corrected chi connectivity index (χ3v) is 6.58. The Morgan fingerprint density at radius 3 is 3.00 bits per heavy atom. The van der Waals surface area contributed by atoms with Crippen molar-refractivity contribution in [3.63, 3.8) is 0 Å². The zero-order valence-electron chi connectivity index (χ0n) is 14.2. The largest absolute Gasteiger partial charge is 0.339 e. The van der Waals surface area contributed by atoms with Crippen molar-refractivity contribution < 1.29 is 0 Å². The summed E-state index contributed by atoms with van der Waals surface area (Å²) in [6.07, 6.45) is 8.71. The molecule has 1 aliphatic heterocycles. The Morgan fingerprint density at radius 2 is 2.16 bits per heavy atom. The number of thiophene rings is 1. The lowest BCUT2D eigenvalue weighted by molar-refractivity contribution is 0.266. The van der Waals surface area contributed by atoms with Gasteiger partial charge in [-0.2, -0.15) is 5.10 Å². The van der Waals surface area contributed by atoms with Gasteiger partial charge in [0, 0.05) is 23.4 Å². The Labute approximate surface area is 151 Å². The highest BCUT2D eigenvalue weighted by atomic mass is 32.1. The zero-order chi connectivity index (χ0) is 16.6. The van der Waals surface area contributed by atoms with Gasteiger partial charge in [0.2, 0.25) is 0 Å². The molecule has 25 heavy (non-hydrogen) atoms. The second-order valence-corrected chi connectivity index (χ2v) is 8.33. The van der Waals surface area contributed by atoms with E-state index in [9.17, 15) is 0 Å². The summed E-state index contributed by atoms with van der Waals surface area (Å²) in [5, 5.41) is 6.61. The zero-order valence-corrected chi connectivity index (χ0v) is 15.1. The van der Waals surface area contributed by atoms with E-state index in [1.165, 1.54) is 37.0 Å². The van der Waals surface area contributed by atoms with E-state index in [1.54, 1.807) is 11.3 Å². The van der Waals surface area contributed by atoms with Gasteiger partial charge in [-0.3, -0.25) is 10.9 Å². The van der Waals surface area contributed by atoms with Gasteiger partial charge in [-0.25, -0.2) is 9.67 Å². The summed E-state index contributed by atoms with van der Waals surface area (Å²) in [4.78, 5) is 9.79. The molecule has 0 bridgehead atoms. The number of nitrogens with zero attached hydrogens (tertiary/aromatic N) is 3. The molecule has 3 N–H and O–H groups in total. The number of hydrazine groups is 1. The molecule has 4 heterocycles. The van der Waals surface area contributed by atoms with Gasteiger partial charge in [0.05, 0.1) is 12.7 Å². The SMILES string of the molecule is c1csc(Cn2ncc3[nH]c(C4CNNC4C4CCCCC4)nc32)c1. The molecule has 2 aliphatic rings. The van der Waals surface area contributed by atoms with Gasteiger partial charge in [0.25, 0.3) is 0 Å². The van der Waals surface area contributed by atoms with E-state index in [1.807, 2.05) is 10.9 Å². The van der Waals surface area contributed by atoms with E-state index in [4.69, 9.17) is 4.98 Å². The van der Waals surface area contributed by atoms with E-state index >= 15 is 0 Å². The van der Waals surface area contributed by atoms with Crippen LogP contribution in [0.1, 0.15) is 48.7 Å². The molecule has 2 atom stereocenters. The van der Waals surface area contributed by atoms with E-state index < -0.39 is 0 Å². The van der Waals surface area contributed by atoms with Crippen LogP contribution >= 0.6 is 11.3 Å². The van der Waals surface area contributed by atoms with Gasteiger partial charge in [0.15, 0.2) is 5.65 Å². The second kappa shape index (κ2) is 6.55. The summed E-state index contributed by atoms with van der Waals surface area (Å²) in [6.45, 7) is 1.73. The first-order chi connectivity index (χ1) is 12.4. The molecule has 0 radical (unpaired) electrons. The number of aromatic amines is 1. The first kappa shape index (κ1) is 15.5. The van der Waals surface area contributed by atoms with E-state index in [2.05, 4.69) is 38.4 Å². The number of imidazole rings is 1. The predicted molar refractivity (Wildman–Crippen MR) is 99.5 cm³/mol. The predicted octanol–water partition coefficient (Wildman–Crippen LogP) is 3.01. The van der Waals surface area contributed by atoms with Gasteiger partial charge in [-0.1, -0.05) is 25.3 Å². The van der Waals surface area contributed by atoms with Crippen LogP contribution in [0, 0.1) is 5.92 Å². The molecule has 5 rings (SSSR count). The molecule has 0 amide bonds. The van der Waals surface area contributed by atoms with E-state index in [-0.39, 0.29) is 0 Å². The Morgan fingerprint density at radius 1 is 1.24 bits per heavy atom. The first-order valence-corrected chi connectivity index (χ1v) is 10.2. The number of H-pyrrole nitrogens is 1. The number of hydrogen-bond acceptors (Lipinski definition) is 5. The van der Waals surface area contributed by atoms with Crippen LogP contribution in [0.3, 0.4) is 0 Å². The molecular formula is C18H24N6S. The molecule has 132 valence electrons. The maximum absolute atomic E-state index is 4.95. The minimum atomic E-state index is 0.408. The Kier molecular flexibility index (Phi) is 4.07. The molecule has 2 unspecified atom stereocenters. The second-order valence-electron chi connectivity index (χ2n) is 7.30. The van der Waals surface area contributed by atoms with Crippen molar-refractivity contribution in [1.29, 1.82) is 0 Å². The van der Waals surface area contributed by atoms with Crippen molar-refractivity contribution in [3.8, 4) is 0 Å². The van der Waals surface area contributed by atoms with Gasteiger partial charge >= 0.3 is 0 Å². The van der Waals surface area contributed by atoms with Crippen LogP contribution in [0.5, 0.6) is 0 Å². The van der Waals surface area contributed by atoms with Gasteiger partial charge in [-0.15, -0.1) is 11.3 Å². The van der Waals surface area contributed by atoms with Gasteiger partial charge in [0.1, 0.15) is 11.3 Å². The molecule has 7 heteroatoms. The molecule has 1 aliphatic carbocycles. The Hall–Kier alpha value is -1.70. The fraction of sp³-hybridized carbons (Fsp3) is 0.556. The third-order valence-electron chi connectivity index (χ3n) is 5.72. The normalized spacial score (nSPS) is 25.1. The van der Waals surface area contributed by atoms with E-state index in [0.29, 0.717) is 12.0 Å². The summed E-state index contributed by atoms with van der Waals surface area (Å²) < 4.78 is 2.01. The van der Waals surface area contributed by atoms with Crippen molar-refractivity contribution in [2.45, 2.75) is 50.6 Å². The van der Waals surface area contributed by atoms with E-state index in [0.717, 1.165) is 36.0 Å². The minimum Gasteiger partial charge on any atom is -0.339 e. The van der Waals surface area contributed by atoms with Crippen molar-refractivity contribution in [2.24, 2.45) is 5.92 Å². The van der Waals surface area contributed by atoms with Crippen molar-refractivity contribution in [2.75, 3.05) is 6.54 Å². The fourth-order valence-corrected chi connectivity index (χ4v) is 5.11. The number of hydrogen-bond donors (Lipinski definition) is 3. The van der Waals surface area contributed by atoms with Crippen LogP contribution in [0.15, 0.2) is 23.7 Å². The van der Waals surface area contributed by atoms with Gasteiger partial charge < -0.3 is 4.98 Å². The standard InChI is InChI=1S/C18H24N6S/c1-2-5-12(6-3-1)16-14(9-19-23-16)17-21-15-10-20-24(18(15)22-17)11-13-7-4-8-25-13/h4,7-8,10,12,14,16,19,23H,1-3,5-6,9,11H2,(H,21,22). The topological polar surface area (TPSA) is 70.6 Å². The van der Waals surface area contributed by atoms with Crippen molar-refractivity contribution >= 4 is 22.5 Å². The molecule has 2 fully saturated rings. The molecule has 1 saturated carbocycles. The number of rotatable bonds is 4. The minimum absolute atomic E-state index is 0.408. The van der Waals surface area contributed by atoms with Crippen molar-refractivity contribution in [1.82, 2.24) is 30.6 Å². The van der Waals surface area contributed by atoms with Crippen LogP contribution in [0.25, 0.3) is 11.2 Å². The third kappa shape index (κ3) is 2.90. The number of fused-ring (bicyclic) bond motifs is 1. The smallest absolute Gasteiger partial charge is 0.176 e. The highest BCUT2D eigenvalue weighted by Crippen LogP contribution is 2.34. The lowest BCUT2D eigenvalue weighted by Gasteiger charge is -2.30. The molecular weight excluding hydrogens is 332 g/mol. The summed E-state index contributed by atoms with van der Waals surface area (Å²) in [7, 11) is 0. The monoisotopic (exact) mass is 356 g/mol. The maximum atomic E-state index is 4.95. The number of aromatic nitrogens is 4. The van der Waals surface area contributed by atoms with Crippen molar-refractivity contribution in [3.05, 3.63) is 34.4 Å². The number of nitrogens with one attached hydrogen (secondary N) is 3. The maximum Gasteiger partial charge on any atom is 0.176 e. The van der Waals surface area contributed by atoms with Gasteiger partial charge in [-0.05, 0) is 30.2 Å². The quantitative estimate of drug-likeness (QED) is 0.672. The molecule has 3 aromatic rings.